The van der Waals surface area contributed by atoms with Crippen molar-refractivity contribution in [2.75, 3.05) is 29.4 Å². The number of nitrogens with zero attached hydrogens (tertiary/aromatic N) is 6. The fourth-order valence-corrected chi connectivity index (χ4v) is 25.9. The topological polar surface area (TPSA) is 19.4 Å². The first-order chi connectivity index (χ1) is 46.7. The van der Waals surface area contributed by atoms with E-state index in [0.717, 1.165) is 34.1 Å². The fraction of sp³-hybridized carbons (Fsp3) is 0. The normalized spacial score (nSPS) is 15.5. The van der Waals surface area contributed by atoms with Crippen molar-refractivity contribution in [1.29, 1.82) is 0 Å². The largest absolute Gasteiger partial charge is 0.310 e. The van der Waals surface area contributed by atoms with Gasteiger partial charge in [0.15, 0.2) is 0 Å². The van der Waals surface area contributed by atoms with Crippen LogP contribution in [0.4, 0.5) is 102 Å². The first-order valence-electron chi connectivity index (χ1n) is 32.7. The molecule has 0 amide bonds. The highest BCUT2D eigenvalue weighted by molar-refractivity contribution is 7.04. The molecule has 0 fully saturated rings. The maximum Gasteiger partial charge on any atom is 0.149 e. The highest BCUT2D eigenvalue weighted by Gasteiger charge is 2.54. The van der Waals surface area contributed by atoms with E-state index in [1.54, 1.807) is 0 Å². The second-order valence-electron chi connectivity index (χ2n) is 25.8. The summed E-state index contributed by atoms with van der Waals surface area (Å²) in [5.41, 5.74) is 22.0. The third-order valence-electron chi connectivity index (χ3n) is 21.2. The highest BCUT2D eigenvalue weighted by Crippen LogP contribution is 2.60. The zero-order chi connectivity index (χ0) is 61.0. The van der Waals surface area contributed by atoms with E-state index >= 15 is 0 Å². The Morgan fingerprint density at radius 2 is 0.351 bits per heavy atom. The third kappa shape index (κ3) is 6.57. The molecule has 6 aliphatic heterocycles. The number of fused-ring (bicyclic) bond motifs is 11. The van der Waals surface area contributed by atoms with Gasteiger partial charge >= 0.3 is 0 Å². The first kappa shape index (κ1) is 50.8. The molecule has 436 valence electrons. The van der Waals surface area contributed by atoms with E-state index in [-0.39, 0.29) is 0 Å². The van der Waals surface area contributed by atoms with Crippen molar-refractivity contribution in [3.8, 4) is 0 Å². The molecule has 0 saturated heterocycles. The van der Waals surface area contributed by atoms with E-state index in [4.69, 9.17) is 0 Å². The summed E-state index contributed by atoms with van der Waals surface area (Å²) in [5.74, 6) is 0. The zero-order valence-corrected chi connectivity index (χ0v) is 53.2. The Bertz CT molecular complexity index is 5550. The van der Waals surface area contributed by atoms with Gasteiger partial charge in [-0.1, -0.05) is 206 Å². The number of hydrogen-bond acceptors (Lipinski definition) is 6. The fourth-order valence-electron chi connectivity index (χ4n) is 17.8. The van der Waals surface area contributed by atoms with Gasteiger partial charge in [0.2, 0.25) is 0 Å². The molecule has 0 bridgehead atoms. The van der Waals surface area contributed by atoms with Crippen molar-refractivity contribution in [3.05, 3.63) is 315 Å². The molecule has 0 saturated carbocycles. The van der Waals surface area contributed by atoms with Crippen molar-refractivity contribution < 1.29 is 0 Å². The lowest BCUT2D eigenvalue weighted by molar-refractivity contribution is 1.23. The Morgan fingerprint density at radius 1 is 0.160 bits per heavy atom. The first-order valence-corrected chi connectivity index (χ1v) is 36.2. The van der Waals surface area contributed by atoms with Gasteiger partial charge in [-0.2, -0.15) is 0 Å². The van der Waals surface area contributed by atoms with E-state index in [0.29, 0.717) is 0 Å². The van der Waals surface area contributed by atoms with Crippen LogP contribution in [-0.2, 0) is 0 Å². The Balaban J connectivity index is 0.984. The lowest BCUT2D eigenvalue weighted by Crippen LogP contribution is -2.65. The molecule has 22 rings (SSSR count). The lowest BCUT2D eigenvalue weighted by Gasteiger charge is -2.52. The SMILES string of the molecule is c1ccc(N2c3cc4ccccc4c4c3[SiH]3c5c(cc6ccccc6c5N4c4ccccc4)N(c4ccccc4)c4c3c2cc2c3c5c(cc42)N(c2ccccc2)c2cc4ccccc4c4c2[SiH]5c2c(cc5ccccc5c2N4c2ccccc2)N3c2ccccc2)cc1. The Morgan fingerprint density at radius 3 is 0.617 bits per heavy atom. The summed E-state index contributed by atoms with van der Waals surface area (Å²) in [6.07, 6.45) is 0. The Labute approximate surface area is 546 Å². The molecule has 0 aliphatic carbocycles. The van der Waals surface area contributed by atoms with Crippen molar-refractivity contribution in [2.24, 2.45) is 0 Å². The van der Waals surface area contributed by atoms with Crippen LogP contribution in [-0.4, -0.2) is 17.6 Å². The highest BCUT2D eigenvalue weighted by atomic mass is 28.3. The number of anilines is 18. The number of rotatable bonds is 6. The Kier molecular flexibility index (Phi) is 10.2. The standard InChI is InChI=1S/C86H54N6Si2/c1-7-31-57(32-8-1)87-69-47-53-27-19-23-43-63(53)75-81(69)93-83-71(49-55-29-21-25-45-65(55)77(83)91(75)61-39-15-5-16-40-61)89(59-35-11-3-12-36-59)79-68-52-74-86-80(67(68)51-73(87)85(79)93)90(60-37-13-4-14-38-60)72-50-56-30-22-26-46-66(56)78-84(72)94(86)82-70(88(74)58-33-9-2-10-34-58)48-54-28-20-24-44-64(54)76(82)92(78)62-41-17-6-18-42-62/h1-52,93-94H. The van der Waals surface area contributed by atoms with Crippen LogP contribution >= 0.6 is 0 Å². The van der Waals surface area contributed by atoms with Gasteiger partial charge in [0.25, 0.3) is 0 Å². The van der Waals surface area contributed by atoms with Gasteiger partial charge in [-0.05, 0) is 162 Å². The monoisotopic (exact) mass is 1230 g/mol. The number of hydrogen-bond donors (Lipinski definition) is 0. The Hall–Kier alpha value is -11.9. The predicted molar refractivity (Wildman–Crippen MR) is 401 cm³/mol. The molecule has 0 radical (unpaired) electrons. The van der Waals surface area contributed by atoms with E-state index in [1.807, 2.05) is 0 Å². The summed E-state index contributed by atoms with van der Waals surface area (Å²) < 4.78 is 0. The second-order valence-corrected chi connectivity index (χ2v) is 31.0. The molecule has 8 heteroatoms. The van der Waals surface area contributed by atoms with Crippen LogP contribution in [0.3, 0.4) is 0 Å². The molecule has 0 spiro atoms. The molecule has 0 aromatic heterocycles. The molecule has 6 nitrogen and oxygen atoms in total. The number of para-hydroxylation sites is 6. The van der Waals surface area contributed by atoms with Crippen molar-refractivity contribution in [2.45, 2.75) is 0 Å². The summed E-state index contributed by atoms with van der Waals surface area (Å²) in [6, 6.07) is 120. The molecule has 16 aromatic carbocycles. The smallest absolute Gasteiger partial charge is 0.149 e. The van der Waals surface area contributed by atoms with Crippen LogP contribution in [0.25, 0.3) is 53.9 Å². The van der Waals surface area contributed by atoms with E-state index < -0.39 is 17.6 Å². The molecular formula is C86H54N6Si2. The number of benzene rings is 16. The minimum absolute atomic E-state index is 1.13. The molecule has 6 aliphatic rings. The molecule has 0 N–H and O–H groups in total. The van der Waals surface area contributed by atoms with Crippen molar-refractivity contribution in [1.82, 2.24) is 0 Å². The minimum Gasteiger partial charge on any atom is -0.310 e. The van der Waals surface area contributed by atoms with E-state index in [9.17, 15) is 0 Å². The molecule has 2 unspecified atom stereocenters. The second kappa shape index (κ2) is 18.8. The summed E-state index contributed by atoms with van der Waals surface area (Å²) in [6.45, 7) is 0. The lowest BCUT2D eigenvalue weighted by atomic mass is 9.94. The van der Waals surface area contributed by atoms with Gasteiger partial charge in [-0.3, -0.25) is 0 Å². The van der Waals surface area contributed by atoms with Crippen LogP contribution in [0, 0.1) is 0 Å². The van der Waals surface area contributed by atoms with Gasteiger partial charge in [0.05, 0.1) is 34.1 Å². The molecule has 94 heavy (non-hydrogen) atoms. The van der Waals surface area contributed by atoms with Crippen LogP contribution in [0.15, 0.2) is 315 Å². The average Bonchev–Trinajstić information content (AvgIpc) is 0.658. The molecular weight excluding hydrogens is 1170 g/mol. The van der Waals surface area contributed by atoms with Gasteiger partial charge in [0, 0.05) is 101 Å². The quantitative estimate of drug-likeness (QED) is 0.153. The van der Waals surface area contributed by atoms with Crippen molar-refractivity contribution in [3.63, 3.8) is 0 Å². The minimum atomic E-state index is -2.58. The van der Waals surface area contributed by atoms with Crippen LogP contribution < -0.4 is 60.5 Å². The predicted octanol–water partition coefficient (Wildman–Crippen LogP) is 18.6. The van der Waals surface area contributed by atoms with Crippen molar-refractivity contribution >= 4 is 205 Å². The van der Waals surface area contributed by atoms with Crippen LogP contribution in [0.5, 0.6) is 0 Å². The molecule has 6 heterocycles. The van der Waals surface area contributed by atoms with Gasteiger partial charge in [0.1, 0.15) is 17.6 Å². The average molecular weight is 1230 g/mol. The third-order valence-corrected chi connectivity index (χ3v) is 28.1. The van der Waals surface area contributed by atoms with Gasteiger partial charge in [-0.15, -0.1) is 0 Å². The molecule has 16 aromatic rings. The maximum absolute atomic E-state index is 2.72. The van der Waals surface area contributed by atoms with Gasteiger partial charge in [-0.25, -0.2) is 0 Å². The maximum atomic E-state index is 2.72. The molecule has 2 atom stereocenters. The van der Waals surface area contributed by atoms with Crippen LogP contribution in [0.1, 0.15) is 0 Å². The zero-order valence-electron chi connectivity index (χ0n) is 50.9. The van der Waals surface area contributed by atoms with E-state index in [1.165, 1.54) is 153 Å². The summed E-state index contributed by atoms with van der Waals surface area (Å²) in [7, 11) is -5.17. The summed E-state index contributed by atoms with van der Waals surface area (Å²) >= 11 is 0. The van der Waals surface area contributed by atoms with Gasteiger partial charge < -0.3 is 29.4 Å². The van der Waals surface area contributed by atoms with Crippen LogP contribution in [0.2, 0.25) is 0 Å². The summed E-state index contributed by atoms with van der Waals surface area (Å²) in [5, 5.41) is 21.1. The summed E-state index contributed by atoms with van der Waals surface area (Å²) in [4.78, 5) is 16.2. The van der Waals surface area contributed by atoms with E-state index in [2.05, 4.69) is 345 Å².